The van der Waals surface area contributed by atoms with Crippen LogP contribution in [0.4, 0.5) is 0 Å². The Morgan fingerprint density at radius 3 is 2.82 bits per heavy atom. The first-order valence-corrected chi connectivity index (χ1v) is 5.85. The van der Waals surface area contributed by atoms with Gasteiger partial charge < -0.3 is 5.11 Å². The molecule has 0 aliphatic heterocycles. The van der Waals surface area contributed by atoms with E-state index in [-0.39, 0.29) is 5.75 Å². The van der Waals surface area contributed by atoms with Crippen molar-refractivity contribution in [3.63, 3.8) is 0 Å². The third kappa shape index (κ3) is 2.99. The molecule has 0 aliphatic rings. The van der Waals surface area contributed by atoms with Gasteiger partial charge in [0, 0.05) is 10.6 Å². The maximum absolute atomic E-state index is 9.36. The number of phenolic OH excluding ortho intramolecular Hbond substituents is 1. The van der Waals surface area contributed by atoms with E-state index >= 15 is 0 Å². The molecule has 0 unspecified atom stereocenters. The summed E-state index contributed by atoms with van der Waals surface area (Å²) in [5.41, 5.74) is 1.41. The number of benzene rings is 1. The molecule has 0 bridgehead atoms. The zero-order chi connectivity index (χ0) is 12.3. The summed E-state index contributed by atoms with van der Waals surface area (Å²) >= 11 is 1.42. The number of hydrogen-bond acceptors (Lipinski definition) is 4. The molecule has 0 aliphatic carbocycles. The SMILES string of the molecule is Cc1cc(C#N)cc(Sc2cccc(O)c2)n1. The number of pyridine rings is 1. The number of phenols is 1. The Labute approximate surface area is 104 Å². The van der Waals surface area contributed by atoms with Gasteiger partial charge in [-0.1, -0.05) is 17.8 Å². The van der Waals surface area contributed by atoms with Crippen LogP contribution in [0.1, 0.15) is 11.3 Å². The van der Waals surface area contributed by atoms with Gasteiger partial charge in [-0.2, -0.15) is 5.26 Å². The normalized spacial score (nSPS) is 9.88. The molecule has 0 spiro atoms. The van der Waals surface area contributed by atoms with Gasteiger partial charge in [0.1, 0.15) is 10.8 Å². The molecule has 1 heterocycles. The zero-order valence-electron chi connectivity index (χ0n) is 9.21. The van der Waals surface area contributed by atoms with E-state index in [0.29, 0.717) is 5.56 Å². The second-order valence-electron chi connectivity index (χ2n) is 3.55. The summed E-state index contributed by atoms with van der Waals surface area (Å²) in [4.78, 5) is 5.23. The fourth-order valence-corrected chi connectivity index (χ4v) is 2.37. The van der Waals surface area contributed by atoms with Crippen LogP contribution in [-0.2, 0) is 0 Å². The molecule has 0 radical (unpaired) electrons. The van der Waals surface area contributed by atoms with Gasteiger partial charge in [-0.25, -0.2) is 4.98 Å². The van der Waals surface area contributed by atoms with Gasteiger partial charge in [-0.3, -0.25) is 0 Å². The van der Waals surface area contributed by atoms with E-state index in [1.54, 1.807) is 30.3 Å². The lowest BCUT2D eigenvalue weighted by Crippen LogP contribution is -1.87. The van der Waals surface area contributed by atoms with Crippen molar-refractivity contribution >= 4 is 11.8 Å². The largest absolute Gasteiger partial charge is 0.508 e. The Bertz CT molecular complexity index is 590. The van der Waals surface area contributed by atoms with Gasteiger partial charge in [0.25, 0.3) is 0 Å². The topological polar surface area (TPSA) is 56.9 Å². The van der Waals surface area contributed by atoms with Crippen LogP contribution in [0.5, 0.6) is 5.75 Å². The Morgan fingerprint density at radius 1 is 1.29 bits per heavy atom. The Hall–Kier alpha value is -1.99. The quantitative estimate of drug-likeness (QED) is 0.879. The van der Waals surface area contributed by atoms with E-state index < -0.39 is 0 Å². The third-order valence-electron chi connectivity index (χ3n) is 2.10. The predicted octanol–water partition coefficient (Wildman–Crippen LogP) is 3.12. The third-order valence-corrected chi connectivity index (χ3v) is 3.01. The molecule has 0 saturated carbocycles. The monoisotopic (exact) mass is 242 g/mol. The summed E-state index contributed by atoms with van der Waals surface area (Å²) in [5.74, 6) is 0.225. The summed E-state index contributed by atoms with van der Waals surface area (Å²) in [5, 5.41) is 19.0. The van der Waals surface area contributed by atoms with Crippen molar-refractivity contribution in [2.45, 2.75) is 16.8 Å². The molecule has 0 saturated heterocycles. The predicted molar refractivity (Wildman–Crippen MR) is 65.9 cm³/mol. The maximum atomic E-state index is 9.36. The molecule has 3 nitrogen and oxygen atoms in total. The van der Waals surface area contributed by atoms with Gasteiger partial charge in [-0.05, 0) is 37.3 Å². The Balaban J connectivity index is 2.30. The first-order chi connectivity index (χ1) is 8.17. The lowest BCUT2D eigenvalue weighted by Gasteiger charge is -2.03. The molecule has 1 N–H and O–H groups in total. The van der Waals surface area contributed by atoms with Crippen LogP contribution in [-0.4, -0.2) is 10.1 Å². The van der Waals surface area contributed by atoms with Gasteiger partial charge in [0.15, 0.2) is 0 Å². The van der Waals surface area contributed by atoms with E-state index in [0.717, 1.165) is 15.6 Å². The second-order valence-corrected chi connectivity index (χ2v) is 4.64. The summed E-state index contributed by atoms with van der Waals surface area (Å²) in [6.45, 7) is 1.85. The maximum Gasteiger partial charge on any atom is 0.116 e. The average Bonchev–Trinajstić information content (AvgIpc) is 2.28. The lowest BCUT2D eigenvalue weighted by atomic mass is 10.2. The molecule has 2 aromatic rings. The molecular weight excluding hydrogens is 232 g/mol. The number of nitrogens with zero attached hydrogens (tertiary/aromatic N) is 2. The van der Waals surface area contributed by atoms with Crippen LogP contribution in [0.15, 0.2) is 46.3 Å². The van der Waals surface area contributed by atoms with Crippen LogP contribution in [0, 0.1) is 18.3 Å². The molecule has 2 rings (SSSR count). The van der Waals surface area contributed by atoms with Crippen LogP contribution in [0.3, 0.4) is 0 Å². The zero-order valence-corrected chi connectivity index (χ0v) is 10.0. The van der Waals surface area contributed by atoms with E-state index in [4.69, 9.17) is 5.26 Å². The van der Waals surface area contributed by atoms with Crippen LogP contribution in [0.2, 0.25) is 0 Å². The number of rotatable bonds is 2. The van der Waals surface area contributed by atoms with Crippen molar-refractivity contribution in [2.75, 3.05) is 0 Å². The number of nitriles is 1. The molecule has 1 aromatic heterocycles. The fraction of sp³-hybridized carbons (Fsp3) is 0.0769. The fourth-order valence-electron chi connectivity index (χ4n) is 1.42. The Kier molecular flexibility index (Phi) is 3.31. The first kappa shape index (κ1) is 11.5. The molecular formula is C13H10N2OS. The average molecular weight is 242 g/mol. The minimum Gasteiger partial charge on any atom is -0.508 e. The second kappa shape index (κ2) is 4.89. The Morgan fingerprint density at radius 2 is 2.12 bits per heavy atom. The number of hydrogen-bond donors (Lipinski definition) is 1. The van der Waals surface area contributed by atoms with Crippen LogP contribution < -0.4 is 0 Å². The van der Waals surface area contributed by atoms with Crippen molar-refractivity contribution in [3.8, 4) is 11.8 Å². The number of aryl methyl sites for hydroxylation is 1. The van der Waals surface area contributed by atoms with Crippen molar-refractivity contribution < 1.29 is 5.11 Å². The smallest absolute Gasteiger partial charge is 0.116 e. The molecule has 0 atom stereocenters. The van der Waals surface area contributed by atoms with E-state index in [2.05, 4.69) is 11.1 Å². The minimum atomic E-state index is 0.225. The minimum absolute atomic E-state index is 0.225. The summed E-state index contributed by atoms with van der Waals surface area (Å²) in [7, 11) is 0. The highest BCUT2D eigenvalue weighted by atomic mass is 32.2. The highest BCUT2D eigenvalue weighted by Gasteiger charge is 2.03. The molecule has 1 aromatic carbocycles. The van der Waals surface area contributed by atoms with E-state index in [1.807, 2.05) is 13.0 Å². The van der Waals surface area contributed by atoms with Crippen molar-refractivity contribution in [3.05, 3.63) is 47.7 Å². The summed E-state index contributed by atoms with van der Waals surface area (Å²) in [6, 6.07) is 12.5. The van der Waals surface area contributed by atoms with Crippen molar-refractivity contribution in [1.82, 2.24) is 4.98 Å². The van der Waals surface area contributed by atoms with Crippen LogP contribution >= 0.6 is 11.8 Å². The summed E-state index contributed by atoms with van der Waals surface area (Å²) in [6.07, 6.45) is 0. The van der Waals surface area contributed by atoms with E-state index in [1.165, 1.54) is 11.8 Å². The molecule has 4 heteroatoms. The van der Waals surface area contributed by atoms with Gasteiger partial charge >= 0.3 is 0 Å². The number of aromatic hydroxyl groups is 1. The standard InChI is InChI=1S/C13H10N2OS/c1-9-5-10(8-14)6-13(15-9)17-12-4-2-3-11(16)7-12/h2-7,16H,1H3. The molecule has 84 valence electrons. The molecule has 0 amide bonds. The molecule has 17 heavy (non-hydrogen) atoms. The highest BCUT2D eigenvalue weighted by Crippen LogP contribution is 2.28. The van der Waals surface area contributed by atoms with Gasteiger partial charge in [-0.15, -0.1) is 0 Å². The number of aromatic nitrogens is 1. The summed E-state index contributed by atoms with van der Waals surface area (Å²) < 4.78 is 0. The molecule has 0 fully saturated rings. The van der Waals surface area contributed by atoms with Gasteiger partial charge in [0.2, 0.25) is 0 Å². The first-order valence-electron chi connectivity index (χ1n) is 5.03. The van der Waals surface area contributed by atoms with Crippen LogP contribution in [0.25, 0.3) is 0 Å². The van der Waals surface area contributed by atoms with E-state index in [9.17, 15) is 5.11 Å². The van der Waals surface area contributed by atoms with Crippen molar-refractivity contribution in [1.29, 1.82) is 5.26 Å². The highest BCUT2D eigenvalue weighted by molar-refractivity contribution is 7.99. The lowest BCUT2D eigenvalue weighted by molar-refractivity contribution is 0.474. The van der Waals surface area contributed by atoms with Gasteiger partial charge in [0.05, 0.1) is 11.6 Å². The van der Waals surface area contributed by atoms with Crippen molar-refractivity contribution in [2.24, 2.45) is 0 Å².